The third-order valence-electron chi connectivity index (χ3n) is 5.04. The van der Waals surface area contributed by atoms with Crippen LogP contribution in [0.15, 0.2) is 47.1 Å². The molecule has 1 aromatic heterocycles. The fourth-order valence-electron chi connectivity index (χ4n) is 3.81. The third kappa shape index (κ3) is 2.12. The molecule has 2 atom stereocenters. The van der Waals surface area contributed by atoms with Crippen LogP contribution in [0.25, 0.3) is 11.0 Å². The maximum atomic E-state index is 6.36. The average Bonchev–Trinajstić information content (AvgIpc) is 3.37. The Hall–Kier alpha value is -2.70. The van der Waals surface area contributed by atoms with Crippen molar-refractivity contribution >= 4 is 11.0 Å². The van der Waals surface area contributed by atoms with Crippen LogP contribution in [0.4, 0.5) is 0 Å². The molecule has 2 aromatic carbocycles. The molecule has 26 heavy (non-hydrogen) atoms. The van der Waals surface area contributed by atoms with Crippen LogP contribution in [0.5, 0.6) is 17.2 Å². The molecule has 2 aliphatic rings. The van der Waals surface area contributed by atoms with Crippen molar-refractivity contribution in [3.63, 3.8) is 0 Å². The lowest BCUT2D eigenvalue weighted by Crippen LogP contribution is -2.43. The van der Waals surface area contributed by atoms with E-state index in [1.54, 1.807) is 20.5 Å². The number of benzene rings is 2. The van der Waals surface area contributed by atoms with E-state index in [9.17, 15) is 0 Å². The van der Waals surface area contributed by atoms with Crippen molar-refractivity contribution in [2.24, 2.45) is 0 Å². The van der Waals surface area contributed by atoms with Crippen LogP contribution in [-0.2, 0) is 15.9 Å². The zero-order chi connectivity index (χ0) is 17.7. The van der Waals surface area contributed by atoms with Crippen LogP contribution >= 0.6 is 0 Å². The predicted molar refractivity (Wildman–Crippen MR) is 92.6 cm³/mol. The summed E-state index contributed by atoms with van der Waals surface area (Å²) < 4.78 is 34.4. The summed E-state index contributed by atoms with van der Waals surface area (Å²) in [6.07, 6.45) is 1.78. The van der Waals surface area contributed by atoms with E-state index in [1.165, 1.54) is 0 Å². The highest BCUT2D eigenvalue weighted by Gasteiger charge is 2.50. The summed E-state index contributed by atoms with van der Waals surface area (Å²) in [5.41, 5.74) is 2.73. The van der Waals surface area contributed by atoms with Crippen molar-refractivity contribution in [2.75, 3.05) is 21.0 Å². The highest BCUT2D eigenvalue weighted by atomic mass is 16.7. The van der Waals surface area contributed by atoms with Gasteiger partial charge in [0.05, 0.1) is 11.6 Å². The average molecular weight is 354 g/mol. The Kier molecular flexibility index (Phi) is 3.38. The molecule has 134 valence electrons. The second-order valence-corrected chi connectivity index (χ2v) is 6.41. The van der Waals surface area contributed by atoms with Crippen molar-refractivity contribution in [1.82, 2.24) is 0 Å². The maximum Gasteiger partial charge on any atom is 0.245 e. The van der Waals surface area contributed by atoms with E-state index >= 15 is 0 Å². The summed E-state index contributed by atoms with van der Waals surface area (Å²) in [6.45, 7) is 0.245. The fourth-order valence-corrected chi connectivity index (χ4v) is 3.81. The molecular formula is C20H18O6. The lowest BCUT2D eigenvalue weighted by molar-refractivity contribution is -0.216. The molecule has 5 rings (SSSR count). The number of methoxy groups -OCH3 is 2. The monoisotopic (exact) mass is 354 g/mol. The van der Waals surface area contributed by atoms with E-state index in [4.69, 9.17) is 28.1 Å². The first kappa shape index (κ1) is 15.5. The highest BCUT2D eigenvalue weighted by Crippen LogP contribution is 2.50. The molecule has 6 nitrogen and oxygen atoms in total. The van der Waals surface area contributed by atoms with E-state index in [-0.39, 0.29) is 12.9 Å². The third-order valence-corrected chi connectivity index (χ3v) is 5.04. The molecule has 0 aliphatic carbocycles. The van der Waals surface area contributed by atoms with Gasteiger partial charge >= 0.3 is 0 Å². The van der Waals surface area contributed by atoms with Crippen molar-refractivity contribution in [3.05, 3.63) is 53.8 Å². The van der Waals surface area contributed by atoms with Gasteiger partial charge in [-0.25, -0.2) is 0 Å². The first-order valence-corrected chi connectivity index (χ1v) is 8.40. The van der Waals surface area contributed by atoms with Crippen molar-refractivity contribution in [1.29, 1.82) is 0 Å². The van der Waals surface area contributed by atoms with E-state index in [2.05, 4.69) is 0 Å². The van der Waals surface area contributed by atoms with Gasteiger partial charge in [-0.3, -0.25) is 0 Å². The molecule has 2 aliphatic heterocycles. The Morgan fingerprint density at radius 3 is 2.81 bits per heavy atom. The molecule has 0 N–H and O–H groups in total. The molecule has 0 amide bonds. The van der Waals surface area contributed by atoms with Crippen LogP contribution in [0.2, 0.25) is 0 Å². The second-order valence-electron chi connectivity index (χ2n) is 6.41. The van der Waals surface area contributed by atoms with Gasteiger partial charge in [-0.2, -0.15) is 0 Å². The molecule has 6 heteroatoms. The Labute approximate surface area is 150 Å². The number of ether oxygens (including phenoxy) is 5. The van der Waals surface area contributed by atoms with Crippen molar-refractivity contribution < 1.29 is 28.1 Å². The topological polar surface area (TPSA) is 59.3 Å². The first-order valence-electron chi connectivity index (χ1n) is 8.40. The van der Waals surface area contributed by atoms with Gasteiger partial charge in [0.25, 0.3) is 0 Å². The van der Waals surface area contributed by atoms with Crippen LogP contribution in [-0.4, -0.2) is 26.8 Å². The Balaban J connectivity index is 1.56. The van der Waals surface area contributed by atoms with Gasteiger partial charge in [-0.1, -0.05) is 6.07 Å². The minimum Gasteiger partial charge on any atom is -0.464 e. The van der Waals surface area contributed by atoms with Gasteiger partial charge < -0.3 is 28.1 Å². The van der Waals surface area contributed by atoms with Crippen LogP contribution < -0.4 is 14.2 Å². The smallest absolute Gasteiger partial charge is 0.245 e. The predicted octanol–water partition coefficient (Wildman–Crippen LogP) is 3.83. The normalized spacial score (nSPS) is 23.2. The van der Waals surface area contributed by atoms with E-state index in [0.29, 0.717) is 6.42 Å². The van der Waals surface area contributed by atoms with Crippen LogP contribution in [0.1, 0.15) is 17.2 Å². The summed E-state index contributed by atoms with van der Waals surface area (Å²) >= 11 is 0. The lowest BCUT2D eigenvalue weighted by Gasteiger charge is -2.32. The van der Waals surface area contributed by atoms with Crippen LogP contribution in [0.3, 0.4) is 0 Å². The molecular weight excluding hydrogens is 336 g/mol. The molecule has 0 bridgehead atoms. The largest absolute Gasteiger partial charge is 0.464 e. The Morgan fingerprint density at radius 2 is 1.96 bits per heavy atom. The molecule has 0 unspecified atom stereocenters. The number of rotatable bonds is 4. The first-order chi connectivity index (χ1) is 12.7. The summed E-state index contributed by atoms with van der Waals surface area (Å²) in [7, 11) is 3.30. The van der Waals surface area contributed by atoms with Gasteiger partial charge in [0, 0.05) is 26.2 Å². The Bertz CT molecular complexity index is 978. The fraction of sp³-hybridized carbons (Fsp3) is 0.300. The molecule has 3 aromatic rings. The molecule has 0 radical (unpaired) electrons. The standard InChI is InChI=1S/C20H18O6/c1-21-19-14-4-6-15-13(7-8-23-15)18(14)26-20(19,22-2)10-12-3-5-16-17(9-12)25-11-24-16/h3-9,19H,10-11H2,1-2H3/t19-,20-/m1/s1. The van der Waals surface area contributed by atoms with Gasteiger partial charge in [0.2, 0.25) is 12.6 Å². The van der Waals surface area contributed by atoms with Gasteiger partial charge in [-0.05, 0) is 35.9 Å². The summed E-state index contributed by atoms with van der Waals surface area (Å²) in [5, 5.41) is 0.911. The van der Waals surface area contributed by atoms with E-state index < -0.39 is 5.79 Å². The summed E-state index contributed by atoms with van der Waals surface area (Å²) in [4.78, 5) is 0. The number of furan rings is 1. The molecule has 0 spiro atoms. The lowest BCUT2D eigenvalue weighted by atomic mass is 9.96. The highest BCUT2D eigenvalue weighted by molar-refractivity contribution is 5.86. The summed E-state index contributed by atoms with van der Waals surface area (Å²) in [6, 6.07) is 11.6. The van der Waals surface area contributed by atoms with Gasteiger partial charge in [0.1, 0.15) is 11.3 Å². The van der Waals surface area contributed by atoms with Gasteiger partial charge in [-0.15, -0.1) is 0 Å². The number of hydrogen-bond acceptors (Lipinski definition) is 6. The quantitative estimate of drug-likeness (QED) is 0.710. The zero-order valence-electron chi connectivity index (χ0n) is 14.5. The van der Waals surface area contributed by atoms with E-state index in [0.717, 1.165) is 39.3 Å². The SMILES string of the molecule is CO[C@@H]1c2ccc3occc3c2O[C@@]1(Cc1ccc2c(c1)OCO2)OC. The zero-order valence-corrected chi connectivity index (χ0v) is 14.5. The number of hydrogen-bond donors (Lipinski definition) is 0. The minimum absolute atomic E-state index is 0.245. The molecule has 0 fully saturated rings. The minimum atomic E-state index is -0.976. The molecule has 0 saturated heterocycles. The maximum absolute atomic E-state index is 6.36. The van der Waals surface area contributed by atoms with Crippen LogP contribution in [0, 0.1) is 0 Å². The second kappa shape index (κ2) is 5.65. The Morgan fingerprint density at radius 1 is 1.08 bits per heavy atom. The van der Waals surface area contributed by atoms with Crippen molar-refractivity contribution in [3.8, 4) is 17.2 Å². The molecule has 0 saturated carbocycles. The molecule has 3 heterocycles. The number of fused-ring (bicyclic) bond motifs is 4. The summed E-state index contributed by atoms with van der Waals surface area (Å²) in [5.74, 6) is 1.25. The van der Waals surface area contributed by atoms with Gasteiger partial charge in [0.15, 0.2) is 17.6 Å². The van der Waals surface area contributed by atoms with E-state index in [1.807, 2.05) is 36.4 Å². The van der Waals surface area contributed by atoms with Crippen molar-refractivity contribution in [2.45, 2.75) is 18.3 Å².